The molecular formula is C30H44O2. The molecule has 2 aliphatic carbocycles. The van der Waals surface area contributed by atoms with Gasteiger partial charge in [-0.3, -0.25) is 0 Å². The molecule has 0 bridgehead atoms. The average Bonchev–Trinajstić information content (AvgIpc) is 2.85. The second kappa shape index (κ2) is 14.3. The minimum atomic E-state index is 0.566. The van der Waals surface area contributed by atoms with Gasteiger partial charge in [0.1, 0.15) is 11.5 Å². The Morgan fingerprint density at radius 1 is 0.812 bits per heavy atom. The Morgan fingerprint density at radius 2 is 1.47 bits per heavy atom. The van der Waals surface area contributed by atoms with Crippen molar-refractivity contribution in [3.05, 3.63) is 36.4 Å². The molecule has 0 N–H and O–H groups in total. The van der Waals surface area contributed by atoms with E-state index in [9.17, 15) is 0 Å². The van der Waals surface area contributed by atoms with Crippen LogP contribution >= 0.6 is 0 Å². The lowest BCUT2D eigenvalue weighted by atomic mass is 9.81. The van der Waals surface area contributed by atoms with Crippen molar-refractivity contribution in [3.63, 3.8) is 0 Å². The predicted molar refractivity (Wildman–Crippen MR) is 135 cm³/mol. The van der Waals surface area contributed by atoms with Gasteiger partial charge in [-0.05, 0) is 106 Å². The fourth-order valence-electron chi connectivity index (χ4n) is 5.00. The third-order valence-electron chi connectivity index (χ3n) is 7.38. The molecule has 0 amide bonds. The normalized spacial score (nSPS) is 25.8. The fraction of sp³-hybridized carbons (Fsp3) is 0.667. The van der Waals surface area contributed by atoms with Gasteiger partial charge in [0.2, 0.25) is 0 Å². The summed E-state index contributed by atoms with van der Waals surface area (Å²) >= 11 is 0. The summed E-state index contributed by atoms with van der Waals surface area (Å²) in [6.45, 7) is 6.16. The summed E-state index contributed by atoms with van der Waals surface area (Å²) in [5.74, 6) is 11.7. The lowest BCUT2D eigenvalue weighted by molar-refractivity contribution is 0.196. The minimum absolute atomic E-state index is 0.566. The molecule has 0 spiro atoms. The topological polar surface area (TPSA) is 18.5 Å². The Balaban J connectivity index is 1.29. The van der Waals surface area contributed by atoms with Gasteiger partial charge in [0.15, 0.2) is 0 Å². The first-order valence-corrected chi connectivity index (χ1v) is 13.3. The third-order valence-corrected chi connectivity index (χ3v) is 7.38. The van der Waals surface area contributed by atoms with Gasteiger partial charge in [0.25, 0.3) is 0 Å². The van der Waals surface area contributed by atoms with Gasteiger partial charge in [-0.25, -0.2) is 0 Å². The fourth-order valence-corrected chi connectivity index (χ4v) is 5.00. The molecule has 0 radical (unpaired) electrons. The van der Waals surface area contributed by atoms with Gasteiger partial charge in [-0.2, -0.15) is 0 Å². The Hall–Kier alpha value is -1.88. The largest absolute Gasteiger partial charge is 0.494 e. The number of allylic oxidation sites excluding steroid dienone is 2. The van der Waals surface area contributed by atoms with Gasteiger partial charge < -0.3 is 9.47 Å². The van der Waals surface area contributed by atoms with Gasteiger partial charge in [-0.15, -0.1) is 0 Å². The summed E-state index contributed by atoms with van der Waals surface area (Å²) in [6.07, 6.45) is 19.8. The van der Waals surface area contributed by atoms with Crippen LogP contribution in [0.3, 0.4) is 0 Å². The van der Waals surface area contributed by atoms with E-state index in [0.29, 0.717) is 11.8 Å². The Labute approximate surface area is 197 Å². The number of rotatable bonds is 10. The molecule has 0 saturated heterocycles. The molecule has 2 heteroatoms. The molecule has 0 aromatic heterocycles. The lowest BCUT2D eigenvalue weighted by Gasteiger charge is -2.25. The molecule has 2 aliphatic rings. The molecule has 3 rings (SSSR count). The van der Waals surface area contributed by atoms with Gasteiger partial charge in [0, 0.05) is 5.92 Å². The number of hydrogen-bond donors (Lipinski definition) is 0. The van der Waals surface area contributed by atoms with Gasteiger partial charge >= 0.3 is 0 Å². The molecule has 0 heterocycles. The maximum atomic E-state index is 6.06. The van der Waals surface area contributed by atoms with Gasteiger partial charge in [0.05, 0.1) is 13.2 Å². The van der Waals surface area contributed by atoms with Crippen LogP contribution in [-0.4, -0.2) is 13.2 Å². The van der Waals surface area contributed by atoms with Crippen molar-refractivity contribution in [2.75, 3.05) is 13.2 Å². The number of ether oxygens (including phenoxy) is 2. The quantitative estimate of drug-likeness (QED) is 0.272. The van der Waals surface area contributed by atoms with Crippen LogP contribution < -0.4 is 9.47 Å². The second-order valence-corrected chi connectivity index (χ2v) is 9.89. The summed E-state index contributed by atoms with van der Waals surface area (Å²) in [4.78, 5) is 0. The zero-order valence-corrected chi connectivity index (χ0v) is 20.5. The summed E-state index contributed by atoms with van der Waals surface area (Å²) in [6, 6.07) is 8.12. The standard InChI is InChI=1S/C30H44O2/c1-3-5-8-23-31-29-19-21-30(22-20-29)32-24-28-17-15-27(16-18-28)10-7-6-9-26-13-11-25(4-2)12-14-26/h6,9,19-22,25-28H,3-5,8,11-18,23-24H2,1-2H3/t25-,26-,27-,28-. The first-order valence-electron chi connectivity index (χ1n) is 13.3. The van der Waals surface area contributed by atoms with E-state index in [1.807, 2.05) is 24.3 Å². The van der Waals surface area contributed by atoms with Crippen LogP contribution in [0, 0.1) is 35.5 Å². The molecule has 32 heavy (non-hydrogen) atoms. The zero-order valence-electron chi connectivity index (χ0n) is 20.5. The lowest BCUT2D eigenvalue weighted by Crippen LogP contribution is -2.19. The van der Waals surface area contributed by atoms with Crippen molar-refractivity contribution in [2.24, 2.45) is 23.7 Å². The molecular weight excluding hydrogens is 392 g/mol. The predicted octanol–water partition coefficient (Wildman–Crippen LogP) is 8.22. The van der Waals surface area contributed by atoms with E-state index < -0.39 is 0 Å². The van der Waals surface area contributed by atoms with E-state index in [1.165, 1.54) is 70.6 Å². The van der Waals surface area contributed by atoms with E-state index in [1.54, 1.807) is 0 Å². The molecule has 2 saturated carbocycles. The van der Waals surface area contributed by atoms with Crippen LogP contribution in [0.25, 0.3) is 0 Å². The number of hydrogen-bond acceptors (Lipinski definition) is 2. The van der Waals surface area contributed by atoms with Gasteiger partial charge in [-0.1, -0.05) is 51.0 Å². The van der Waals surface area contributed by atoms with Crippen LogP contribution in [0.4, 0.5) is 0 Å². The van der Waals surface area contributed by atoms with E-state index in [2.05, 4.69) is 37.8 Å². The highest BCUT2D eigenvalue weighted by Gasteiger charge is 2.20. The van der Waals surface area contributed by atoms with E-state index in [-0.39, 0.29) is 0 Å². The Morgan fingerprint density at radius 3 is 2.12 bits per heavy atom. The summed E-state index contributed by atoms with van der Waals surface area (Å²) in [5, 5.41) is 0. The third kappa shape index (κ3) is 8.93. The van der Waals surface area contributed by atoms with E-state index in [0.717, 1.165) is 43.0 Å². The van der Waals surface area contributed by atoms with Crippen LogP contribution in [-0.2, 0) is 0 Å². The highest BCUT2D eigenvalue weighted by Crippen LogP contribution is 2.31. The molecule has 2 nitrogen and oxygen atoms in total. The van der Waals surface area contributed by atoms with Crippen molar-refractivity contribution in [1.29, 1.82) is 0 Å². The van der Waals surface area contributed by atoms with Crippen molar-refractivity contribution in [3.8, 4) is 23.3 Å². The highest BCUT2D eigenvalue weighted by atomic mass is 16.5. The van der Waals surface area contributed by atoms with E-state index in [4.69, 9.17) is 9.47 Å². The summed E-state index contributed by atoms with van der Waals surface area (Å²) in [7, 11) is 0. The summed E-state index contributed by atoms with van der Waals surface area (Å²) in [5.41, 5.74) is 0. The molecule has 176 valence electrons. The van der Waals surface area contributed by atoms with Crippen LogP contribution in [0.15, 0.2) is 36.4 Å². The highest BCUT2D eigenvalue weighted by molar-refractivity contribution is 5.31. The number of benzene rings is 1. The molecule has 1 aromatic rings. The SMILES string of the molecule is CCCCCOc1ccc(OC[C@H]2CC[C@H](C#CC=C[C@H]3CC[C@H](CC)CC3)CC2)cc1. The summed E-state index contributed by atoms with van der Waals surface area (Å²) < 4.78 is 11.8. The second-order valence-electron chi connectivity index (χ2n) is 9.89. The smallest absolute Gasteiger partial charge is 0.119 e. The Kier molecular flexibility index (Phi) is 11.1. The zero-order chi connectivity index (χ0) is 22.4. The molecule has 0 aliphatic heterocycles. The van der Waals surface area contributed by atoms with Crippen molar-refractivity contribution < 1.29 is 9.47 Å². The first kappa shape index (κ1) is 24.8. The maximum Gasteiger partial charge on any atom is 0.119 e. The first-order chi connectivity index (χ1) is 15.8. The molecule has 0 unspecified atom stereocenters. The van der Waals surface area contributed by atoms with Crippen LogP contribution in [0.5, 0.6) is 11.5 Å². The Bertz CT molecular complexity index is 707. The monoisotopic (exact) mass is 436 g/mol. The molecule has 1 aromatic carbocycles. The van der Waals surface area contributed by atoms with Crippen LogP contribution in [0.1, 0.15) is 90.9 Å². The maximum absolute atomic E-state index is 6.06. The van der Waals surface area contributed by atoms with Crippen molar-refractivity contribution in [2.45, 2.75) is 90.9 Å². The van der Waals surface area contributed by atoms with Crippen LogP contribution in [0.2, 0.25) is 0 Å². The molecule has 0 atom stereocenters. The van der Waals surface area contributed by atoms with Crippen molar-refractivity contribution in [1.82, 2.24) is 0 Å². The minimum Gasteiger partial charge on any atom is -0.494 e. The molecule has 2 fully saturated rings. The number of unbranched alkanes of at least 4 members (excludes halogenated alkanes) is 2. The van der Waals surface area contributed by atoms with E-state index >= 15 is 0 Å². The average molecular weight is 437 g/mol. The van der Waals surface area contributed by atoms with Crippen molar-refractivity contribution >= 4 is 0 Å².